The fraction of sp³-hybridized carbons (Fsp3) is 0.692. The number of nitrogens with zero attached hydrogens (tertiary/aromatic N) is 2. The molecule has 2 amide bonds. The molecule has 4 aliphatic rings. The van der Waals surface area contributed by atoms with E-state index in [1.165, 1.54) is 30.4 Å². The molecule has 168 valence electrons. The molecule has 2 aliphatic heterocycles. The molecule has 1 saturated carbocycles. The zero-order valence-electron chi connectivity index (χ0n) is 18.7. The van der Waals surface area contributed by atoms with Gasteiger partial charge < -0.3 is 14.5 Å². The molecule has 3 fully saturated rings. The highest BCUT2D eigenvalue weighted by molar-refractivity contribution is 5.79. The van der Waals surface area contributed by atoms with E-state index in [1.807, 2.05) is 4.90 Å². The summed E-state index contributed by atoms with van der Waals surface area (Å²) >= 11 is 0. The van der Waals surface area contributed by atoms with Gasteiger partial charge in [0, 0.05) is 38.5 Å². The smallest absolute Gasteiger partial charge is 0.225 e. The first-order chi connectivity index (χ1) is 15.2. The highest BCUT2D eigenvalue weighted by Crippen LogP contribution is 2.53. The van der Waals surface area contributed by atoms with Crippen molar-refractivity contribution in [3.63, 3.8) is 0 Å². The van der Waals surface area contributed by atoms with Crippen LogP contribution in [0.1, 0.15) is 74.8 Å². The predicted octanol–water partition coefficient (Wildman–Crippen LogP) is 3.86. The van der Waals surface area contributed by atoms with Gasteiger partial charge in [0.15, 0.2) is 0 Å². The quantitative estimate of drug-likeness (QED) is 0.740. The van der Waals surface area contributed by atoms with Crippen LogP contribution in [-0.2, 0) is 19.7 Å². The molecule has 31 heavy (non-hydrogen) atoms. The fourth-order valence-electron chi connectivity index (χ4n) is 6.60. The molecule has 2 saturated heterocycles. The summed E-state index contributed by atoms with van der Waals surface area (Å²) in [5.41, 5.74) is 2.95. The Bertz CT molecular complexity index is 803. The van der Waals surface area contributed by atoms with Crippen molar-refractivity contribution in [3.8, 4) is 0 Å². The predicted molar refractivity (Wildman–Crippen MR) is 120 cm³/mol. The normalized spacial score (nSPS) is 26.1. The molecule has 5 heteroatoms. The Labute approximate surface area is 186 Å². The number of amides is 2. The van der Waals surface area contributed by atoms with Crippen molar-refractivity contribution >= 4 is 11.8 Å². The lowest BCUT2D eigenvalue weighted by Crippen LogP contribution is -2.46. The zero-order valence-corrected chi connectivity index (χ0v) is 18.7. The minimum atomic E-state index is 0.135. The van der Waals surface area contributed by atoms with Crippen molar-refractivity contribution in [1.82, 2.24) is 9.80 Å². The Kier molecular flexibility index (Phi) is 6.05. The van der Waals surface area contributed by atoms with Crippen LogP contribution in [0.25, 0.3) is 0 Å². The van der Waals surface area contributed by atoms with Crippen LogP contribution in [0.5, 0.6) is 0 Å². The summed E-state index contributed by atoms with van der Waals surface area (Å²) < 4.78 is 5.41. The average Bonchev–Trinajstić information content (AvgIpc) is 3.13. The number of likely N-dealkylation sites (tertiary alicyclic amines) is 1. The number of piperidine rings is 1. The first kappa shape index (κ1) is 21.0. The van der Waals surface area contributed by atoms with Gasteiger partial charge in [0.05, 0.1) is 13.2 Å². The molecular formula is C26H36N2O3. The van der Waals surface area contributed by atoms with Crippen LogP contribution < -0.4 is 0 Å². The molecule has 1 aromatic rings. The fourth-order valence-corrected chi connectivity index (χ4v) is 6.60. The average molecular weight is 425 g/mol. The number of ether oxygens (including phenoxy) is 1. The van der Waals surface area contributed by atoms with Crippen LogP contribution in [0, 0.1) is 5.92 Å². The van der Waals surface area contributed by atoms with Crippen LogP contribution in [0.4, 0.5) is 0 Å². The third-order valence-electron chi connectivity index (χ3n) is 8.38. The number of rotatable bonds is 3. The van der Waals surface area contributed by atoms with Gasteiger partial charge in [-0.15, -0.1) is 0 Å². The van der Waals surface area contributed by atoms with Crippen molar-refractivity contribution in [3.05, 3.63) is 35.4 Å². The maximum absolute atomic E-state index is 13.1. The van der Waals surface area contributed by atoms with Crippen molar-refractivity contribution in [2.24, 2.45) is 5.92 Å². The second kappa shape index (κ2) is 8.93. The van der Waals surface area contributed by atoms with Gasteiger partial charge in [0.1, 0.15) is 0 Å². The molecule has 1 spiro atoms. The molecule has 2 aliphatic carbocycles. The van der Waals surface area contributed by atoms with Gasteiger partial charge in [-0.25, -0.2) is 0 Å². The number of hydrogen-bond donors (Lipinski definition) is 0. The van der Waals surface area contributed by atoms with Gasteiger partial charge in [0.2, 0.25) is 11.8 Å². The van der Waals surface area contributed by atoms with Crippen molar-refractivity contribution < 1.29 is 14.3 Å². The van der Waals surface area contributed by atoms with Crippen LogP contribution in [-0.4, -0.2) is 61.0 Å². The lowest BCUT2D eigenvalue weighted by Gasteiger charge is -2.42. The van der Waals surface area contributed by atoms with E-state index in [9.17, 15) is 9.59 Å². The summed E-state index contributed by atoms with van der Waals surface area (Å²) in [6, 6.07) is 8.78. The van der Waals surface area contributed by atoms with E-state index in [0.717, 1.165) is 58.3 Å². The Morgan fingerprint density at radius 2 is 1.65 bits per heavy atom. The maximum Gasteiger partial charge on any atom is 0.225 e. The first-order valence-corrected chi connectivity index (χ1v) is 12.4. The van der Waals surface area contributed by atoms with Crippen molar-refractivity contribution in [2.75, 3.05) is 39.4 Å². The summed E-state index contributed by atoms with van der Waals surface area (Å²) in [5, 5.41) is 0. The van der Waals surface area contributed by atoms with Gasteiger partial charge in [-0.05, 0) is 54.6 Å². The van der Waals surface area contributed by atoms with E-state index >= 15 is 0 Å². The highest BCUT2D eigenvalue weighted by atomic mass is 16.5. The van der Waals surface area contributed by atoms with Gasteiger partial charge in [-0.2, -0.15) is 0 Å². The van der Waals surface area contributed by atoms with Gasteiger partial charge >= 0.3 is 0 Å². The monoisotopic (exact) mass is 424 g/mol. The number of benzene rings is 1. The molecule has 0 N–H and O–H groups in total. The molecular weight excluding hydrogens is 388 g/mol. The minimum absolute atomic E-state index is 0.135. The number of carbonyl (C=O) groups excluding carboxylic acids is 2. The highest BCUT2D eigenvalue weighted by Gasteiger charge is 2.46. The van der Waals surface area contributed by atoms with Crippen LogP contribution in [0.3, 0.4) is 0 Å². The Balaban J connectivity index is 1.27. The van der Waals surface area contributed by atoms with Crippen molar-refractivity contribution in [2.45, 2.75) is 69.1 Å². The van der Waals surface area contributed by atoms with Gasteiger partial charge in [-0.1, -0.05) is 43.5 Å². The summed E-state index contributed by atoms with van der Waals surface area (Å²) in [7, 11) is 0. The first-order valence-electron chi connectivity index (χ1n) is 12.4. The van der Waals surface area contributed by atoms with Crippen LogP contribution >= 0.6 is 0 Å². The molecule has 2 heterocycles. The molecule has 0 radical (unpaired) electrons. The maximum atomic E-state index is 13.1. The molecule has 1 aromatic carbocycles. The number of hydrogen-bond acceptors (Lipinski definition) is 3. The number of fused-ring (bicyclic) bond motifs is 2. The van der Waals surface area contributed by atoms with E-state index in [0.29, 0.717) is 31.5 Å². The SMILES string of the molecule is O=C(CC1CC2(CCN(C(=O)C3CCCCC3)CC2)c2ccccc21)N1CCOCC1. The summed E-state index contributed by atoms with van der Waals surface area (Å²) in [4.78, 5) is 30.1. The Morgan fingerprint density at radius 3 is 2.39 bits per heavy atom. The Hall–Kier alpha value is -1.88. The van der Waals surface area contributed by atoms with E-state index < -0.39 is 0 Å². The van der Waals surface area contributed by atoms with Crippen LogP contribution in [0.15, 0.2) is 24.3 Å². The zero-order chi connectivity index (χ0) is 21.3. The summed E-state index contributed by atoms with van der Waals surface area (Å²) in [6.45, 7) is 4.48. The van der Waals surface area contributed by atoms with E-state index in [4.69, 9.17) is 4.74 Å². The van der Waals surface area contributed by atoms with Gasteiger partial charge in [0.25, 0.3) is 0 Å². The molecule has 0 bridgehead atoms. The lowest BCUT2D eigenvalue weighted by atomic mass is 9.73. The molecule has 5 nitrogen and oxygen atoms in total. The second-order valence-electron chi connectivity index (χ2n) is 10.1. The van der Waals surface area contributed by atoms with Crippen molar-refractivity contribution in [1.29, 1.82) is 0 Å². The van der Waals surface area contributed by atoms with Crippen LogP contribution in [0.2, 0.25) is 0 Å². The summed E-state index contributed by atoms with van der Waals surface area (Å²) in [5.74, 6) is 1.23. The molecule has 1 atom stereocenters. The van der Waals surface area contributed by atoms with E-state index in [2.05, 4.69) is 29.2 Å². The summed E-state index contributed by atoms with van der Waals surface area (Å²) in [6.07, 6.45) is 9.58. The number of carbonyl (C=O) groups is 2. The molecule has 1 unspecified atom stereocenters. The van der Waals surface area contributed by atoms with E-state index in [1.54, 1.807) is 0 Å². The Morgan fingerprint density at radius 1 is 0.935 bits per heavy atom. The minimum Gasteiger partial charge on any atom is -0.378 e. The van der Waals surface area contributed by atoms with Gasteiger partial charge in [-0.3, -0.25) is 9.59 Å². The lowest BCUT2D eigenvalue weighted by molar-refractivity contribution is -0.138. The third-order valence-corrected chi connectivity index (χ3v) is 8.38. The second-order valence-corrected chi connectivity index (χ2v) is 10.1. The molecule has 0 aromatic heterocycles. The standard InChI is InChI=1S/C26H36N2O3/c29-24(27-14-16-31-17-15-27)18-21-19-26(23-9-5-4-8-22(21)23)10-12-28(13-11-26)25(30)20-6-2-1-3-7-20/h4-5,8-9,20-21H,1-3,6-7,10-19H2. The van der Waals surface area contributed by atoms with E-state index in [-0.39, 0.29) is 17.2 Å². The number of morpholine rings is 1. The largest absolute Gasteiger partial charge is 0.378 e. The molecule has 5 rings (SSSR count). The topological polar surface area (TPSA) is 49.9 Å². The third kappa shape index (κ3) is 4.13.